The first-order chi connectivity index (χ1) is 35.2. The molecule has 6 heterocycles. The number of hydroxylamine groups is 4. The number of nitrogens with one attached hydrogen (secondary N) is 2. The Morgan fingerprint density at radius 2 is 1.03 bits per heavy atom. The van der Waals surface area contributed by atoms with Gasteiger partial charge in [0.2, 0.25) is 23.6 Å². The van der Waals surface area contributed by atoms with E-state index < -0.39 is 34.6 Å². The van der Waals surface area contributed by atoms with E-state index in [1.54, 1.807) is 23.6 Å². The maximum Gasteiger partial charge on any atom is 0.418 e. The molecule has 1 aromatic carbocycles. The highest BCUT2D eigenvalue weighted by molar-refractivity contribution is 7.80. The molecule has 0 unspecified atom stereocenters. The second kappa shape index (κ2) is 24.6. The van der Waals surface area contributed by atoms with Gasteiger partial charge in [-0.15, -0.1) is 4.28 Å². The predicted octanol–water partition coefficient (Wildman–Crippen LogP) is 5.63. The van der Waals surface area contributed by atoms with Crippen LogP contribution in [-0.4, -0.2) is 185 Å². The number of carbonyl (C=O) groups excluding carboxylic acids is 6. The van der Waals surface area contributed by atoms with Gasteiger partial charge in [-0.05, 0) is 82.6 Å². The lowest BCUT2D eigenvalue weighted by Gasteiger charge is -2.59. The quantitative estimate of drug-likeness (QED) is 0.101. The van der Waals surface area contributed by atoms with E-state index in [1.165, 1.54) is 92.0 Å². The number of carbonyl (C=O) groups is 6. The van der Waals surface area contributed by atoms with E-state index >= 15 is 0 Å². The minimum absolute atomic E-state index is 0.00442. The fourth-order valence-corrected chi connectivity index (χ4v) is 13.2. The fourth-order valence-electron chi connectivity index (χ4n) is 12.8. The van der Waals surface area contributed by atoms with Gasteiger partial charge in [0.05, 0.1) is 38.3 Å². The largest absolute Gasteiger partial charge is 0.418 e. The zero-order chi connectivity index (χ0) is 53.4. The van der Waals surface area contributed by atoms with Crippen LogP contribution in [0.4, 0.5) is 9.59 Å². The first-order valence-electron chi connectivity index (χ1n) is 27.8. The van der Waals surface area contributed by atoms with E-state index in [0.717, 1.165) is 63.8 Å². The Labute approximate surface area is 439 Å². The van der Waals surface area contributed by atoms with Crippen molar-refractivity contribution in [3.63, 3.8) is 0 Å². The summed E-state index contributed by atoms with van der Waals surface area (Å²) in [6, 6.07) is 7.36. The Kier molecular flexibility index (Phi) is 19.0. The third kappa shape index (κ3) is 13.7. The number of urea groups is 2. The van der Waals surface area contributed by atoms with Crippen LogP contribution < -0.4 is 10.6 Å². The standard InChI is InChI=1S/C22H28N4O4.C16H36N.C15H22N4O7S/c1-15(27)24-13-22(14-24)9-17(10-22)23-20(28)19-8-7-18-11-25(19)21(29)26(18)30-12-16-5-3-2-4-6-16;1-5-9-13-17(14-10-6-2,15-11-7-3)16-12-8-4;1-9(20)17-7-15(8-17)4-10(5-15)16-13(21)12-3-2-11-6-18(12)14(22)19(11)26-27(23,24)25/h2-6,17-19H,7-14H2,1H3,(H,23,28);5-16H2,1-4H3;10-12H,2-8H2,1H3,(H,16,21)(H,23,24,25)/q;+1;/t18-,19+;;11-,12+/m1.1/s1. The van der Waals surface area contributed by atoms with E-state index in [-0.39, 0.29) is 65.2 Å². The van der Waals surface area contributed by atoms with Crippen LogP contribution in [0.2, 0.25) is 0 Å². The summed E-state index contributed by atoms with van der Waals surface area (Å²) in [7, 11) is -4.80. The molecule has 1 aromatic rings. The van der Waals surface area contributed by atoms with Crippen molar-refractivity contribution >= 4 is 46.1 Å². The molecule has 8 aliphatic rings. The molecule has 21 heteroatoms. The summed E-state index contributed by atoms with van der Waals surface area (Å²) in [5.74, 6) is -0.141. The summed E-state index contributed by atoms with van der Waals surface area (Å²) in [6.07, 6.45) is 16.7. The lowest BCUT2D eigenvalue weighted by molar-refractivity contribution is -0.929. The molecule has 414 valence electrons. The van der Waals surface area contributed by atoms with Gasteiger partial charge in [-0.2, -0.15) is 18.5 Å². The zero-order valence-corrected chi connectivity index (χ0v) is 45.8. The van der Waals surface area contributed by atoms with Crippen LogP contribution in [0.15, 0.2) is 30.3 Å². The van der Waals surface area contributed by atoms with Crippen LogP contribution in [0.25, 0.3) is 0 Å². The van der Waals surface area contributed by atoms with Crippen molar-refractivity contribution in [2.75, 3.05) is 65.4 Å². The number of rotatable bonds is 21. The number of nitrogens with zero attached hydrogens (tertiary/aromatic N) is 7. The van der Waals surface area contributed by atoms with Crippen LogP contribution in [0.5, 0.6) is 0 Å². The topological polar surface area (TPSA) is 219 Å². The minimum Gasteiger partial charge on any atom is -0.352 e. The molecule has 8 fully saturated rings. The summed E-state index contributed by atoms with van der Waals surface area (Å²) in [5.41, 5.74) is 1.33. The summed E-state index contributed by atoms with van der Waals surface area (Å²) in [5, 5.41) is 8.18. The van der Waals surface area contributed by atoms with Gasteiger partial charge in [0, 0.05) is 76.0 Å². The molecule has 4 atom stereocenters. The number of unbranched alkanes of at least 4 members (excludes halogenated alkanes) is 4. The number of quaternary nitrogens is 1. The molecule has 2 aliphatic carbocycles. The third-order valence-electron chi connectivity index (χ3n) is 17.0. The minimum atomic E-state index is -4.80. The Balaban J connectivity index is 0.000000169. The summed E-state index contributed by atoms with van der Waals surface area (Å²) in [4.78, 5) is 85.8. The van der Waals surface area contributed by atoms with E-state index in [9.17, 15) is 37.2 Å². The summed E-state index contributed by atoms with van der Waals surface area (Å²) >= 11 is 0. The molecule has 9 rings (SSSR count). The maximum absolute atomic E-state index is 12.9. The van der Waals surface area contributed by atoms with Gasteiger partial charge in [0.25, 0.3) is 0 Å². The molecule has 6 aliphatic heterocycles. The predicted molar refractivity (Wildman–Crippen MR) is 276 cm³/mol. The molecule has 3 N–H and O–H groups in total. The van der Waals surface area contributed by atoms with Crippen molar-refractivity contribution < 1.29 is 55.3 Å². The highest BCUT2D eigenvalue weighted by Crippen LogP contribution is 2.49. The van der Waals surface area contributed by atoms with Crippen molar-refractivity contribution in [3.05, 3.63) is 35.9 Å². The molecule has 8 amide bonds. The van der Waals surface area contributed by atoms with Crippen LogP contribution in [0.1, 0.15) is 150 Å². The summed E-state index contributed by atoms with van der Waals surface area (Å²) < 4.78 is 36.4. The normalized spacial score (nSPS) is 24.5. The summed E-state index contributed by atoms with van der Waals surface area (Å²) in [6.45, 7) is 22.3. The smallest absolute Gasteiger partial charge is 0.352 e. The first kappa shape index (κ1) is 57.1. The molecule has 2 spiro atoms. The molecule has 4 bridgehead atoms. The average Bonchev–Trinajstić information content (AvgIpc) is 3.69. The van der Waals surface area contributed by atoms with Crippen molar-refractivity contribution in [1.29, 1.82) is 0 Å². The monoisotopic (exact) mass is 1060 g/mol. The van der Waals surface area contributed by atoms with E-state index in [1.807, 2.05) is 35.2 Å². The van der Waals surface area contributed by atoms with Gasteiger partial charge in [-0.1, -0.05) is 83.7 Å². The van der Waals surface area contributed by atoms with Gasteiger partial charge in [0.1, 0.15) is 18.7 Å². The van der Waals surface area contributed by atoms with Crippen molar-refractivity contribution in [2.24, 2.45) is 10.8 Å². The van der Waals surface area contributed by atoms with Crippen molar-refractivity contribution in [3.8, 4) is 0 Å². The van der Waals surface area contributed by atoms with Crippen LogP contribution in [-0.2, 0) is 45.3 Å². The third-order valence-corrected chi connectivity index (χ3v) is 17.3. The molecular formula is C53H86N9O11S+. The molecule has 20 nitrogen and oxygen atoms in total. The maximum atomic E-state index is 12.9. The number of amides is 8. The SMILES string of the molecule is CC(=O)N1CC2(CC(NC(=O)[C@@H]3CC[C@@H]4CN3C(=O)N4OCc3ccccc3)C2)C1.CC(=O)N1CC2(CC(NC(=O)[C@@H]3CC[C@@H]4CN3C(=O)N4OS(=O)(=O)O)C2)C1.CCCC[N+](CCCC)(CCCC)CCCC. The first-order valence-corrected chi connectivity index (χ1v) is 29.1. The highest BCUT2D eigenvalue weighted by Gasteiger charge is 2.56. The van der Waals surface area contributed by atoms with Crippen molar-refractivity contribution in [1.82, 2.24) is 40.4 Å². The lowest BCUT2D eigenvalue weighted by atomic mass is 9.60. The molecule has 0 radical (unpaired) electrons. The zero-order valence-electron chi connectivity index (χ0n) is 45.0. The Hall–Kier alpha value is -4.57. The van der Waals surface area contributed by atoms with Crippen LogP contribution >= 0.6 is 0 Å². The Bertz CT molecular complexity index is 2190. The molecular weight excluding hydrogens is 971 g/mol. The van der Waals surface area contributed by atoms with Gasteiger partial charge in [-0.3, -0.25) is 28.6 Å². The van der Waals surface area contributed by atoms with Gasteiger partial charge in [0.15, 0.2) is 0 Å². The molecule has 6 saturated heterocycles. The number of hydrogen-bond acceptors (Lipinski definition) is 10. The van der Waals surface area contributed by atoms with Gasteiger partial charge < -0.3 is 34.7 Å². The number of likely N-dealkylation sites (tertiary alicyclic amines) is 2. The highest BCUT2D eigenvalue weighted by atomic mass is 32.3. The van der Waals surface area contributed by atoms with Gasteiger partial charge in [-0.25, -0.2) is 9.59 Å². The Morgan fingerprint density at radius 3 is 1.41 bits per heavy atom. The van der Waals surface area contributed by atoms with Crippen LogP contribution in [0.3, 0.4) is 0 Å². The van der Waals surface area contributed by atoms with E-state index in [4.69, 9.17) is 9.39 Å². The average molecular weight is 1060 g/mol. The lowest BCUT2D eigenvalue weighted by Crippen LogP contribution is -2.68. The number of hydrogen-bond donors (Lipinski definition) is 3. The second-order valence-corrected chi connectivity index (χ2v) is 23.9. The fraction of sp³-hybridized carbons (Fsp3) is 0.774. The second-order valence-electron chi connectivity index (χ2n) is 22.9. The van der Waals surface area contributed by atoms with E-state index in [0.29, 0.717) is 37.5 Å². The van der Waals surface area contributed by atoms with Crippen LogP contribution in [0, 0.1) is 10.8 Å². The molecule has 0 aromatic heterocycles. The van der Waals surface area contributed by atoms with Gasteiger partial charge >= 0.3 is 22.5 Å². The number of fused-ring (bicyclic) bond motifs is 4. The van der Waals surface area contributed by atoms with E-state index in [2.05, 4.69) is 42.6 Å². The molecule has 2 saturated carbocycles. The Morgan fingerprint density at radius 1 is 0.635 bits per heavy atom. The van der Waals surface area contributed by atoms with Crippen molar-refractivity contribution in [2.45, 2.75) is 187 Å². The molecule has 74 heavy (non-hydrogen) atoms. The number of piperidine rings is 2. The number of benzene rings is 1.